The number of aryl methyl sites for hydroxylation is 1. The minimum atomic E-state index is 0.188. The first kappa shape index (κ1) is 16.5. The van der Waals surface area contributed by atoms with E-state index in [2.05, 4.69) is 47.8 Å². The Bertz CT molecular complexity index is 413. The lowest BCUT2D eigenvalue weighted by Gasteiger charge is -2.28. The highest BCUT2D eigenvalue weighted by molar-refractivity contribution is 4.92. The molecule has 120 valence electrons. The molecule has 1 heterocycles. The SMILES string of the molecule is CCCn1ncnc1CC(CNC(C)(C)C)C1CCCC1. The van der Waals surface area contributed by atoms with Crippen molar-refractivity contribution in [2.45, 2.75) is 78.3 Å². The molecule has 1 unspecified atom stereocenters. The lowest BCUT2D eigenvalue weighted by Crippen LogP contribution is -2.41. The number of nitrogens with one attached hydrogen (secondary N) is 1. The summed E-state index contributed by atoms with van der Waals surface area (Å²) in [6, 6.07) is 0. The molecule has 1 N–H and O–H groups in total. The molecule has 0 saturated heterocycles. The first-order valence-corrected chi connectivity index (χ1v) is 8.61. The Hall–Kier alpha value is -0.900. The zero-order chi connectivity index (χ0) is 15.3. The normalized spacial score (nSPS) is 18.3. The number of nitrogens with zero attached hydrogens (tertiary/aromatic N) is 3. The van der Waals surface area contributed by atoms with E-state index in [1.54, 1.807) is 6.33 Å². The third kappa shape index (κ3) is 5.10. The van der Waals surface area contributed by atoms with Crippen molar-refractivity contribution in [2.75, 3.05) is 6.54 Å². The van der Waals surface area contributed by atoms with E-state index in [1.807, 2.05) is 0 Å². The maximum atomic E-state index is 4.51. The van der Waals surface area contributed by atoms with Gasteiger partial charge in [0, 0.05) is 18.5 Å². The summed E-state index contributed by atoms with van der Waals surface area (Å²) in [4.78, 5) is 4.51. The van der Waals surface area contributed by atoms with Crippen LogP contribution in [-0.2, 0) is 13.0 Å². The molecule has 0 amide bonds. The summed E-state index contributed by atoms with van der Waals surface area (Å²) in [5.74, 6) is 2.71. The molecule has 1 atom stereocenters. The minimum absolute atomic E-state index is 0.188. The van der Waals surface area contributed by atoms with Gasteiger partial charge >= 0.3 is 0 Å². The molecule has 0 radical (unpaired) electrons. The molecule has 21 heavy (non-hydrogen) atoms. The molecule has 1 aliphatic carbocycles. The lowest BCUT2D eigenvalue weighted by molar-refractivity contribution is 0.280. The van der Waals surface area contributed by atoms with Gasteiger partial charge in [0.15, 0.2) is 0 Å². The predicted octanol–water partition coefficient (Wildman–Crippen LogP) is 3.43. The second-order valence-corrected chi connectivity index (χ2v) is 7.54. The van der Waals surface area contributed by atoms with E-state index < -0.39 is 0 Å². The summed E-state index contributed by atoms with van der Waals surface area (Å²) < 4.78 is 2.10. The van der Waals surface area contributed by atoms with Crippen LogP contribution in [0.1, 0.15) is 65.6 Å². The average molecular weight is 292 g/mol. The molecular weight excluding hydrogens is 260 g/mol. The van der Waals surface area contributed by atoms with Gasteiger partial charge < -0.3 is 5.32 Å². The topological polar surface area (TPSA) is 42.7 Å². The average Bonchev–Trinajstić information content (AvgIpc) is 3.05. The van der Waals surface area contributed by atoms with Crippen LogP contribution < -0.4 is 5.32 Å². The summed E-state index contributed by atoms with van der Waals surface area (Å²) in [6.07, 6.45) is 9.47. The predicted molar refractivity (Wildman–Crippen MR) is 87.2 cm³/mol. The van der Waals surface area contributed by atoms with Crippen molar-refractivity contribution in [3.63, 3.8) is 0 Å². The zero-order valence-corrected chi connectivity index (χ0v) is 14.2. The van der Waals surface area contributed by atoms with E-state index in [-0.39, 0.29) is 5.54 Å². The highest BCUT2D eigenvalue weighted by atomic mass is 15.3. The van der Waals surface area contributed by atoms with Crippen molar-refractivity contribution < 1.29 is 0 Å². The molecule has 1 aromatic rings. The van der Waals surface area contributed by atoms with Gasteiger partial charge in [-0.1, -0.05) is 32.6 Å². The van der Waals surface area contributed by atoms with Crippen molar-refractivity contribution in [3.05, 3.63) is 12.2 Å². The molecule has 4 heteroatoms. The fraction of sp³-hybridized carbons (Fsp3) is 0.882. The van der Waals surface area contributed by atoms with Crippen molar-refractivity contribution in [1.29, 1.82) is 0 Å². The third-order valence-corrected chi connectivity index (χ3v) is 4.54. The van der Waals surface area contributed by atoms with Gasteiger partial charge in [0.05, 0.1) is 0 Å². The van der Waals surface area contributed by atoms with Crippen LogP contribution in [0.3, 0.4) is 0 Å². The Kier molecular flexibility index (Phi) is 5.80. The molecule has 1 aliphatic rings. The molecule has 1 aromatic heterocycles. The lowest BCUT2D eigenvalue weighted by atomic mass is 9.87. The fourth-order valence-corrected chi connectivity index (χ4v) is 3.35. The van der Waals surface area contributed by atoms with Gasteiger partial charge in [0.1, 0.15) is 12.2 Å². The molecule has 1 saturated carbocycles. The van der Waals surface area contributed by atoms with E-state index >= 15 is 0 Å². The molecule has 0 aromatic carbocycles. The number of rotatable bonds is 7. The Morgan fingerprint density at radius 3 is 2.67 bits per heavy atom. The van der Waals surface area contributed by atoms with Crippen molar-refractivity contribution in [3.8, 4) is 0 Å². The van der Waals surface area contributed by atoms with Crippen LogP contribution in [0.25, 0.3) is 0 Å². The maximum absolute atomic E-state index is 4.51. The largest absolute Gasteiger partial charge is 0.312 e. The molecule has 0 aliphatic heterocycles. The number of hydrogen-bond acceptors (Lipinski definition) is 3. The first-order chi connectivity index (χ1) is 9.99. The van der Waals surface area contributed by atoms with Gasteiger partial charge in [0.25, 0.3) is 0 Å². The summed E-state index contributed by atoms with van der Waals surface area (Å²) in [6.45, 7) is 11.0. The Labute approximate surface area is 129 Å². The van der Waals surface area contributed by atoms with E-state index in [4.69, 9.17) is 0 Å². The van der Waals surface area contributed by atoms with Gasteiger partial charge in [-0.2, -0.15) is 5.10 Å². The van der Waals surface area contributed by atoms with Crippen LogP contribution >= 0.6 is 0 Å². The summed E-state index contributed by atoms with van der Waals surface area (Å²) >= 11 is 0. The highest BCUT2D eigenvalue weighted by Gasteiger charge is 2.27. The highest BCUT2D eigenvalue weighted by Crippen LogP contribution is 2.33. The van der Waals surface area contributed by atoms with Crippen molar-refractivity contribution in [1.82, 2.24) is 20.1 Å². The van der Waals surface area contributed by atoms with E-state index in [0.29, 0.717) is 5.92 Å². The monoisotopic (exact) mass is 292 g/mol. The number of hydrogen-bond donors (Lipinski definition) is 1. The summed E-state index contributed by atoms with van der Waals surface area (Å²) in [5.41, 5.74) is 0.188. The minimum Gasteiger partial charge on any atom is -0.312 e. The van der Waals surface area contributed by atoms with Crippen LogP contribution in [0.5, 0.6) is 0 Å². The van der Waals surface area contributed by atoms with Crippen LogP contribution in [-0.4, -0.2) is 26.8 Å². The molecule has 0 spiro atoms. The quantitative estimate of drug-likeness (QED) is 0.837. The molecule has 2 rings (SSSR count). The molecular formula is C17H32N4. The van der Waals surface area contributed by atoms with Crippen molar-refractivity contribution in [2.24, 2.45) is 11.8 Å². The molecule has 1 fully saturated rings. The standard InChI is InChI=1S/C17H32N4/c1-5-10-21-16(18-13-20-21)11-15(12-19-17(2,3)4)14-8-6-7-9-14/h13-15,19H,5-12H2,1-4H3. The third-order valence-electron chi connectivity index (χ3n) is 4.54. The van der Waals surface area contributed by atoms with Crippen LogP contribution in [0.4, 0.5) is 0 Å². The van der Waals surface area contributed by atoms with E-state index in [1.165, 1.54) is 31.5 Å². The van der Waals surface area contributed by atoms with Crippen LogP contribution in [0, 0.1) is 11.8 Å². The smallest absolute Gasteiger partial charge is 0.138 e. The van der Waals surface area contributed by atoms with Crippen molar-refractivity contribution >= 4 is 0 Å². The van der Waals surface area contributed by atoms with E-state index in [9.17, 15) is 0 Å². The zero-order valence-electron chi connectivity index (χ0n) is 14.2. The molecule has 4 nitrogen and oxygen atoms in total. The first-order valence-electron chi connectivity index (χ1n) is 8.61. The maximum Gasteiger partial charge on any atom is 0.138 e. The Morgan fingerprint density at radius 1 is 1.33 bits per heavy atom. The van der Waals surface area contributed by atoms with Crippen LogP contribution in [0.15, 0.2) is 6.33 Å². The second kappa shape index (κ2) is 7.39. The summed E-state index contributed by atoms with van der Waals surface area (Å²) in [5, 5.41) is 8.08. The van der Waals surface area contributed by atoms with Gasteiger partial charge in [-0.05, 0) is 45.6 Å². The fourth-order valence-electron chi connectivity index (χ4n) is 3.35. The Balaban J connectivity index is 2.02. The summed E-state index contributed by atoms with van der Waals surface area (Å²) in [7, 11) is 0. The van der Waals surface area contributed by atoms with Crippen LogP contribution in [0.2, 0.25) is 0 Å². The van der Waals surface area contributed by atoms with Gasteiger partial charge in [-0.15, -0.1) is 0 Å². The van der Waals surface area contributed by atoms with Gasteiger partial charge in [-0.3, -0.25) is 4.68 Å². The Morgan fingerprint density at radius 2 is 2.05 bits per heavy atom. The van der Waals surface area contributed by atoms with Gasteiger partial charge in [0.2, 0.25) is 0 Å². The second-order valence-electron chi connectivity index (χ2n) is 7.54. The van der Waals surface area contributed by atoms with E-state index in [0.717, 1.165) is 31.8 Å². The number of aromatic nitrogens is 3. The molecule has 0 bridgehead atoms. The van der Waals surface area contributed by atoms with Gasteiger partial charge in [-0.25, -0.2) is 4.98 Å².